The fourth-order valence-electron chi connectivity index (χ4n) is 2.25. The Kier molecular flexibility index (Phi) is 4.61. The highest BCUT2D eigenvalue weighted by Gasteiger charge is 2.17. The second-order valence-corrected chi connectivity index (χ2v) is 5.17. The number of nitrogens with one attached hydrogen (secondary N) is 2. The summed E-state index contributed by atoms with van der Waals surface area (Å²) < 4.78 is 0. The number of hydrogen-bond donors (Lipinski definition) is 2. The molecule has 1 saturated heterocycles. The third kappa shape index (κ3) is 3.24. The Balaban J connectivity index is 2.04. The lowest BCUT2D eigenvalue weighted by atomic mass is 10.1. The van der Waals surface area contributed by atoms with Crippen molar-refractivity contribution in [2.75, 3.05) is 13.1 Å². The van der Waals surface area contributed by atoms with Crippen LogP contribution >= 0.6 is 11.6 Å². The van der Waals surface area contributed by atoms with E-state index in [1.807, 2.05) is 19.1 Å². The van der Waals surface area contributed by atoms with E-state index in [-0.39, 0.29) is 11.9 Å². The Morgan fingerprint density at radius 3 is 3.06 bits per heavy atom. The minimum atomic E-state index is -0.0596. The van der Waals surface area contributed by atoms with Gasteiger partial charge in [-0.15, -0.1) is 0 Å². The van der Waals surface area contributed by atoms with Crippen molar-refractivity contribution in [3.05, 3.63) is 34.3 Å². The number of hydrogen-bond acceptors (Lipinski definition) is 2. The van der Waals surface area contributed by atoms with Crippen molar-refractivity contribution in [3.8, 4) is 0 Å². The Morgan fingerprint density at radius 2 is 2.22 bits per heavy atom. The topological polar surface area (TPSA) is 41.1 Å². The summed E-state index contributed by atoms with van der Waals surface area (Å²) in [6, 6.07) is 5.81. The van der Waals surface area contributed by atoms with Gasteiger partial charge in [-0.3, -0.25) is 4.79 Å². The lowest BCUT2D eigenvalue weighted by Gasteiger charge is -2.16. The number of aryl methyl sites for hydroxylation is 1. The molecule has 1 fully saturated rings. The predicted octanol–water partition coefficient (Wildman–Crippen LogP) is 2.52. The molecule has 2 N–H and O–H groups in total. The molecule has 2 rings (SSSR count). The van der Waals surface area contributed by atoms with Gasteiger partial charge in [0.1, 0.15) is 0 Å². The highest BCUT2D eigenvalue weighted by Crippen LogP contribution is 2.20. The van der Waals surface area contributed by atoms with Gasteiger partial charge in [-0.1, -0.05) is 23.7 Å². The van der Waals surface area contributed by atoms with Gasteiger partial charge < -0.3 is 10.6 Å². The van der Waals surface area contributed by atoms with Crippen LogP contribution in [0.3, 0.4) is 0 Å². The summed E-state index contributed by atoms with van der Waals surface area (Å²) in [5.41, 5.74) is 1.51. The maximum Gasteiger partial charge on any atom is 0.253 e. The summed E-state index contributed by atoms with van der Waals surface area (Å²) in [5, 5.41) is 6.97. The fourth-order valence-corrected chi connectivity index (χ4v) is 2.46. The predicted molar refractivity (Wildman–Crippen MR) is 74.2 cm³/mol. The summed E-state index contributed by atoms with van der Waals surface area (Å²) >= 11 is 6.16. The van der Waals surface area contributed by atoms with Crippen molar-refractivity contribution >= 4 is 17.5 Å². The summed E-state index contributed by atoms with van der Waals surface area (Å²) in [4.78, 5) is 12.2. The average molecular weight is 267 g/mol. The van der Waals surface area contributed by atoms with Gasteiger partial charge >= 0.3 is 0 Å². The Bertz CT molecular complexity index is 426. The van der Waals surface area contributed by atoms with Gasteiger partial charge in [0.2, 0.25) is 0 Å². The van der Waals surface area contributed by atoms with Crippen LogP contribution in [0, 0.1) is 6.92 Å². The van der Waals surface area contributed by atoms with Crippen LogP contribution in [0.1, 0.15) is 35.2 Å². The molecule has 18 heavy (non-hydrogen) atoms. The Morgan fingerprint density at radius 1 is 1.39 bits per heavy atom. The van der Waals surface area contributed by atoms with Crippen molar-refractivity contribution < 1.29 is 4.79 Å². The summed E-state index contributed by atoms with van der Waals surface area (Å²) in [7, 11) is 0. The maximum absolute atomic E-state index is 12.2. The van der Waals surface area contributed by atoms with Gasteiger partial charge in [0.25, 0.3) is 5.91 Å². The van der Waals surface area contributed by atoms with Crippen LogP contribution in [-0.2, 0) is 0 Å². The van der Waals surface area contributed by atoms with Gasteiger partial charge in [-0.2, -0.15) is 0 Å². The van der Waals surface area contributed by atoms with E-state index < -0.39 is 0 Å². The molecule has 3 nitrogen and oxygen atoms in total. The molecule has 1 unspecified atom stereocenters. The van der Waals surface area contributed by atoms with Crippen molar-refractivity contribution in [2.45, 2.75) is 32.2 Å². The van der Waals surface area contributed by atoms with Gasteiger partial charge in [0.15, 0.2) is 0 Å². The number of carbonyl (C=O) groups excluding carboxylic acids is 1. The Hall–Kier alpha value is -1.06. The van der Waals surface area contributed by atoms with Crippen LogP contribution in [0.2, 0.25) is 5.02 Å². The first-order valence-corrected chi connectivity index (χ1v) is 6.83. The van der Waals surface area contributed by atoms with Crippen LogP contribution in [0.5, 0.6) is 0 Å². The number of amides is 1. The zero-order valence-corrected chi connectivity index (χ0v) is 11.4. The molecule has 1 atom stereocenters. The second kappa shape index (κ2) is 6.21. The molecule has 1 heterocycles. The first-order chi connectivity index (χ1) is 8.68. The second-order valence-electron chi connectivity index (χ2n) is 4.79. The van der Waals surface area contributed by atoms with Crippen molar-refractivity contribution in [1.82, 2.24) is 10.6 Å². The van der Waals surface area contributed by atoms with Gasteiger partial charge in [-0.05, 0) is 50.9 Å². The smallest absolute Gasteiger partial charge is 0.253 e. The Labute approximate surface area is 113 Å². The molecule has 0 spiro atoms. The monoisotopic (exact) mass is 266 g/mol. The molecule has 4 heteroatoms. The third-order valence-electron chi connectivity index (χ3n) is 3.35. The van der Waals surface area contributed by atoms with E-state index >= 15 is 0 Å². The maximum atomic E-state index is 12.2. The normalized spacial score (nSPS) is 20.2. The molecule has 1 aliphatic heterocycles. The quantitative estimate of drug-likeness (QED) is 0.864. The standard InChI is InChI=1S/C14H19ClN2O/c1-10-4-2-6-12(13(10)15)14(18)17-11-5-3-8-16-9-7-11/h2,4,6,11,16H,3,5,7-9H2,1H3,(H,17,18). The van der Waals surface area contributed by atoms with Crippen LogP contribution in [-0.4, -0.2) is 25.0 Å². The van der Waals surface area contributed by atoms with Crippen molar-refractivity contribution in [3.63, 3.8) is 0 Å². The molecular weight excluding hydrogens is 248 g/mol. The van der Waals surface area contributed by atoms with Crippen LogP contribution < -0.4 is 10.6 Å². The van der Waals surface area contributed by atoms with Crippen LogP contribution in [0.25, 0.3) is 0 Å². The zero-order chi connectivity index (χ0) is 13.0. The van der Waals surface area contributed by atoms with E-state index in [2.05, 4.69) is 10.6 Å². The minimum Gasteiger partial charge on any atom is -0.349 e. The number of carbonyl (C=O) groups is 1. The molecular formula is C14H19ClN2O. The van der Waals surface area contributed by atoms with Crippen molar-refractivity contribution in [1.29, 1.82) is 0 Å². The van der Waals surface area contributed by atoms with E-state index in [9.17, 15) is 4.79 Å². The van der Waals surface area contributed by atoms with E-state index in [0.29, 0.717) is 10.6 Å². The molecule has 1 aliphatic rings. The number of benzene rings is 1. The molecule has 1 amide bonds. The van der Waals surface area contributed by atoms with Crippen LogP contribution in [0.15, 0.2) is 18.2 Å². The SMILES string of the molecule is Cc1cccc(C(=O)NC2CCCNCC2)c1Cl. The van der Waals surface area contributed by atoms with Gasteiger partial charge in [0, 0.05) is 6.04 Å². The van der Waals surface area contributed by atoms with Crippen LogP contribution in [0.4, 0.5) is 0 Å². The molecule has 0 aromatic heterocycles. The first kappa shape index (κ1) is 13.4. The highest BCUT2D eigenvalue weighted by atomic mass is 35.5. The van der Waals surface area contributed by atoms with E-state index in [0.717, 1.165) is 37.9 Å². The summed E-state index contributed by atoms with van der Waals surface area (Å²) in [6.07, 6.45) is 3.11. The molecule has 1 aromatic rings. The zero-order valence-electron chi connectivity index (χ0n) is 10.6. The summed E-state index contributed by atoms with van der Waals surface area (Å²) in [6.45, 7) is 3.92. The molecule has 0 radical (unpaired) electrons. The summed E-state index contributed by atoms with van der Waals surface area (Å²) in [5.74, 6) is -0.0596. The minimum absolute atomic E-state index is 0.0596. The fraction of sp³-hybridized carbons (Fsp3) is 0.500. The van der Waals surface area contributed by atoms with E-state index in [4.69, 9.17) is 11.6 Å². The van der Waals surface area contributed by atoms with E-state index in [1.165, 1.54) is 0 Å². The lowest BCUT2D eigenvalue weighted by molar-refractivity contribution is 0.0934. The third-order valence-corrected chi connectivity index (χ3v) is 3.85. The number of rotatable bonds is 2. The molecule has 98 valence electrons. The number of halogens is 1. The molecule has 0 bridgehead atoms. The molecule has 1 aromatic carbocycles. The lowest BCUT2D eigenvalue weighted by Crippen LogP contribution is -2.35. The first-order valence-electron chi connectivity index (χ1n) is 6.45. The van der Waals surface area contributed by atoms with E-state index in [1.54, 1.807) is 6.07 Å². The van der Waals surface area contributed by atoms with Gasteiger partial charge in [0.05, 0.1) is 10.6 Å². The molecule has 0 aliphatic carbocycles. The van der Waals surface area contributed by atoms with Crippen molar-refractivity contribution in [2.24, 2.45) is 0 Å². The average Bonchev–Trinajstić information content (AvgIpc) is 2.61. The molecule has 0 saturated carbocycles. The largest absolute Gasteiger partial charge is 0.349 e. The van der Waals surface area contributed by atoms with Gasteiger partial charge in [-0.25, -0.2) is 0 Å². The highest BCUT2D eigenvalue weighted by molar-refractivity contribution is 6.34.